The van der Waals surface area contributed by atoms with Gasteiger partial charge in [-0.3, -0.25) is 4.79 Å². The van der Waals surface area contributed by atoms with Gasteiger partial charge in [0.1, 0.15) is 0 Å². The maximum absolute atomic E-state index is 10.7. The summed E-state index contributed by atoms with van der Waals surface area (Å²) in [6.45, 7) is 6.02. The first-order valence-electron chi connectivity index (χ1n) is 7.60. The molecule has 0 bridgehead atoms. The van der Waals surface area contributed by atoms with Crippen molar-refractivity contribution in [3.8, 4) is 0 Å². The molecule has 0 aromatic heterocycles. The number of hydrogen-bond donors (Lipinski definition) is 1. The smallest absolute Gasteiger partial charge is 0.306 e. The molecule has 0 saturated carbocycles. The molecule has 0 heterocycles. The standard InChI is InChI=1S/C19H26O2/c1-15(8-7-9-17(3)19(20)21)14-16(2)12-13-18-10-5-4-6-11-18/h4-8,10-11,14,16-17H,9,12-13H2,1-3H3,(H,20,21). The quantitative estimate of drug-likeness (QED) is 0.692. The average Bonchev–Trinajstić information content (AvgIpc) is 2.46. The number of hydrogen-bond acceptors (Lipinski definition) is 1. The molecule has 0 aliphatic heterocycles. The van der Waals surface area contributed by atoms with Crippen LogP contribution >= 0.6 is 0 Å². The van der Waals surface area contributed by atoms with Crippen molar-refractivity contribution in [1.82, 2.24) is 0 Å². The highest BCUT2D eigenvalue weighted by atomic mass is 16.4. The Balaban J connectivity index is 2.38. The normalized spacial score (nSPS) is 15.1. The van der Waals surface area contributed by atoms with Crippen LogP contribution in [-0.4, -0.2) is 11.1 Å². The van der Waals surface area contributed by atoms with Gasteiger partial charge in [0.2, 0.25) is 0 Å². The van der Waals surface area contributed by atoms with Crippen molar-refractivity contribution >= 4 is 5.97 Å². The lowest BCUT2D eigenvalue weighted by atomic mass is 9.98. The predicted molar refractivity (Wildman–Crippen MR) is 88.2 cm³/mol. The van der Waals surface area contributed by atoms with E-state index in [4.69, 9.17) is 5.11 Å². The van der Waals surface area contributed by atoms with E-state index in [1.165, 1.54) is 11.1 Å². The second-order valence-electron chi connectivity index (χ2n) is 5.79. The molecule has 0 saturated heterocycles. The van der Waals surface area contributed by atoms with Gasteiger partial charge >= 0.3 is 5.97 Å². The highest BCUT2D eigenvalue weighted by Gasteiger charge is 2.07. The van der Waals surface area contributed by atoms with Crippen molar-refractivity contribution in [1.29, 1.82) is 0 Å². The molecular weight excluding hydrogens is 260 g/mol. The van der Waals surface area contributed by atoms with E-state index in [0.717, 1.165) is 12.8 Å². The van der Waals surface area contributed by atoms with Gasteiger partial charge in [0, 0.05) is 0 Å². The largest absolute Gasteiger partial charge is 0.481 e. The third-order valence-corrected chi connectivity index (χ3v) is 3.57. The molecule has 2 atom stereocenters. The third kappa shape index (κ3) is 7.50. The van der Waals surface area contributed by atoms with Crippen LogP contribution < -0.4 is 0 Å². The SMILES string of the molecule is CC(C=CCC(C)C(=O)O)=CC(C)CCc1ccccc1. The fraction of sp³-hybridized carbons (Fsp3) is 0.421. The van der Waals surface area contributed by atoms with Crippen LogP contribution in [-0.2, 0) is 11.2 Å². The zero-order chi connectivity index (χ0) is 15.7. The minimum atomic E-state index is -0.738. The molecule has 2 unspecified atom stereocenters. The van der Waals surface area contributed by atoms with Crippen molar-refractivity contribution in [2.24, 2.45) is 11.8 Å². The summed E-state index contributed by atoms with van der Waals surface area (Å²) < 4.78 is 0. The molecule has 2 nitrogen and oxygen atoms in total. The van der Waals surface area contributed by atoms with E-state index in [9.17, 15) is 4.79 Å². The van der Waals surface area contributed by atoms with Gasteiger partial charge in [-0.25, -0.2) is 0 Å². The number of rotatable bonds is 8. The summed E-state index contributed by atoms with van der Waals surface area (Å²) in [5, 5.41) is 8.82. The third-order valence-electron chi connectivity index (χ3n) is 3.57. The molecule has 114 valence electrons. The molecule has 0 aliphatic carbocycles. The van der Waals surface area contributed by atoms with Crippen molar-refractivity contribution in [3.63, 3.8) is 0 Å². The van der Waals surface area contributed by atoms with Crippen molar-refractivity contribution < 1.29 is 9.90 Å². The second-order valence-corrected chi connectivity index (χ2v) is 5.79. The predicted octanol–water partition coefficient (Wildman–Crippen LogP) is 4.87. The number of aryl methyl sites for hydroxylation is 1. The summed E-state index contributed by atoms with van der Waals surface area (Å²) in [4.78, 5) is 10.7. The second kappa shape index (κ2) is 9.17. The van der Waals surface area contributed by atoms with Gasteiger partial charge < -0.3 is 5.11 Å². The molecule has 1 aromatic rings. The first kappa shape index (κ1) is 17.2. The first-order valence-corrected chi connectivity index (χ1v) is 7.60. The van der Waals surface area contributed by atoms with Gasteiger partial charge in [-0.1, -0.05) is 68.0 Å². The van der Waals surface area contributed by atoms with E-state index < -0.39 is 5.97 Å². The summed E-state index contributed by atoms with van der Waals surface area (Å²) in [6, 6.07) is 10.5. The van der Waals surface area contributed by atoms with Crippen LogP contribution in [0.5, 0.6) is 0 Å². The fourth-order valence-corrected chi connectivity index (χ4v) is 2.19. The van der Waals surface area contributed by atoms with Gasteiger partial charge in [0.05, 0.1) is 5.92 Å². The van der Waals surface area contributed by atoms with Crippen LogP contribution in [0.25, 0.3) is 0 Å². The van der Waals surface area contributed by atoms with Crippen LogP contribution in [0.2, 0.25) is 0 Å². The van der Waals surface area contributed by atoms with E-state index in [0.29, 0.717) is 12.3 Å². The van der Waals surface area contributed by atoms with E-state index >= 15 is 0 Å². The Morgan fingerprint density at radius 1 is 1.24 bits per heavy atom. The molecule has 1 N–H and O–H groups in total. The lowest BCUT2D eigenvalue weighted by molar-refractivity contribution is -0.140. The summed E-state index contributed by atoms with van der Waals surface area (Å²) >= 11 is 0. The van der Waals surface area contributed by atoms with E-state index in [1.807, 2.05) is 18.2 Å². The Morgan fingerprint density at radius 2 is 1.90 bits per heavy atom. The Morgan fingerprint density at radius 3 is 2.52 bits per heavy atom. The Bertz CT molecular complexity index is 486. The monoisotopic (exact) mass is 286 g/mol. The lowest BCUT2D eigenvalue weighted by Gasteiger charge is -2.07. The van der Waals surface area contributed by atoms with Gasteiger partial charge in [0.25, 0.3) is 0 Å². The van der Waals surface area contributed by atoms with Crippen LogP contribution in [0.1, 0.15) is 39.2 Å². The van der Waals surface area contributed by atoms with Gasteiger partial charge in [0.15, 0.2) is 0 Å². The van der Waals surface area contributed by atoms with E-state index in [-0.39, 0.29) is 5.92 Å². The number of carboxylic acid groups (broad SMARTS) is 1. The van der Waals surface area contributed by atoms with Crippen molar-refractivity contribution in [3.05, 3.63) is 59.7 Å². The number of aliphatic carboxylic acids is 1. The van der Waals surface area contributed by atoms with Crippen molar-refractivity contribution in [2.45, 2.75) is 40.0 Å². The molecule has 21 heavy (non-hydrogen) atoms. The summed E-state index contributed by atoms with van der Waals surface area (Å²) in [7, 11) is 0. The zero-order valence-corrected chi connectivity index (χ0v) is 13.3. The number of allylic oxidation sites excluding steroid dienone is 4. The number of carbonyl (C=O) groups is 1. The van der Waals surface area contributed by atoms with E-state index in [1.54, 1.807) is 6.92 Å². The molecule has 0 fully saturated rings. The molecule has 1 rings (SSSR count). The molecule has 0 aliphatic rings. The molecule has 1 aromatic carbocycles. The van der Waals surface area contributed by atoms with Crippen LogP contribution in [0.15, 0.2) is 54.1 Å². The van der Waals surface area contributed by atoms with Crippen LogP contribution in [0, 0.1) is 11.8 Å². The summed E-state index contributed by atoms with van der Waals surface area (Å²) in [5.74, 6) is -0.534. The topological polar surface area (TPSA) is 37.3 Å². The summed E-state index contributed by atoms with van der Waals surface area (Å²) in [6.07, 6.45) is 9.03. The van der Waals surface area contributed by atoms with E-state index in [2.05, 4.69) is 44.2 Å². The molecular formula is C19H26O2. The molecule has 0 spiro atoms. The Hall–Kier alpha value is -1.83. The van der Waals surface area contributed by atoms with Crippen LogP contribution in [0.3, 0.4) is 0 Å². The Kier molecular flexibility index (Phi) is 7.52. The van der Waals surface area contributed by atoms with Gasteiger partial charge in [-0.15, -0.1) is 0 Å². The van der Waals surface area contributed by atoms with Crippen molar-refractivity contribution in [2.75, 3.05) is 0 Å². The van der Waals surface area contributed by atoms with Gasteiger partial charge in [-0.05, 0) is 37.7 Å². The highest BCUT2D eigenvalue weighted by molar-refractivity contribution is 5.69. The molecule has 0 amide bonds. The lowest BCUT2D eigenvalue weighted by Crippen LogP contribution is -2.07. The van der Waals surface area contributed by atoms with Crippen LogP contribution in [0.4, 0.5) is 0 Å². The number of carboxylic acids is 1. The fourth-order valence-electron chi connectivity index (χ4n) is 2.19. The minimum absolute atomic E-state index is 0.315. The maximum Gasteiger partial charge on any atom is 0.306 e. The molecule has 2 heteroatoms. The molecule has 0 radical (unpaired) electrons. The van der Waals surface area contributed by atoms with Gasteiger partial charge in [-0.2, -0.15) is 0 Å². The average molecular weight is 286 g/mol. The highest BCUT2D eigenvalue weighted by Crippen LogP contribution is 2.13. The first-order chi connectivity index (χ1) is 9.99. The number of benzene rings is 1. The zero-order valence-electron chi connectivity index (χ0n) is 13.3. The Labute approximate surface area is 128 Å². The maximum atomic E-state index is 10.7. The summed E-state index contributed by atoms with van der Waals surface area (Å²) in [5.41, 5.74) is 2.58. The minimum Gasteiger partial charge on any atom is -0.481 e.